The smallest absolute Gasteiger partial charge is 0.191 e. The number of aromatic amines is 1. The van der Waals surface area contributed by atoms with Crippen LogP contribution in [0.25, 0.3) is 0 Å². The molecule has 0 aliphatic heterocycles. The molecule has 1 aromatic carbocycles. The molecule has 0 bridgehead atoms. The number of hydrogen-bond acceptors (Lipinski definition) is 3. The summed E-state index contributed by atoms with van der Waals surface area (Å²) in [6.45, 7) is 4.87. The van der Waals surface area contributed by atoms with Gasteiger partial charge in [-0.2, -0.15) is 10.2 Å². The maximum atomic E-state index is 4.70. The Balaban J connectivity index is 0.00000243. The van der Waals surface area contributed by atoms with Crippen LogP contribution < -0.4 is 10.6 Å². The highest BCUT2D eigenvalue weighted by Crippen LogP contribution is 2.11. The molecule has 7 nitrogen and oxygen atoms in total. The fourth-order valence-corrected chi connectivity index (χ4v) is 2.50. The molecular weight excluding hydrogens is 441 g/mol. The predicted octanol–water partition coefficient (Wildman–Crippen LogP) is 2.53. The number of benzene rings is 1. The van der Waals surface area contributed by atoms with Gasteiger partial charge < -0.3 is 10.6 Å². The van der Waals surface area contributed by atoms with Gasteiger partial charge in [0.1, 0.15) is 0 Å². The van der Waals surface area contributed by atoms with Crippen LogP contribution in [0.4, 0.5) is 0 Å². The van der Waals surface area contributed by atoms with E-state index >= 15 is 0 Å². The van der Waals surface area contributed by atoms with Crippen LogP contribution in [0.2, 0.25) is 0 Å². The largest absolute Gasteiger partial charge is 0.357 e. The third kappa shape index (κ3) is 5.87. The van der Waals surface area contributed by atoms with Gasteiger partial charge in [0.15, 0.2) is 5.96 Å². The molecule has 0 aliphatic rings. The summed E-state index contributed by atoms with van der Waals surface area (Å²) in [5, 5.41) is 17.7. The summed E-state index contributed by atoms with van der Waals surface area (Å²) in [4.78, 5) is 4.70. The Bertz CT molecular complexity index is 782. The minimum absolute atomic E-state index is 0. The third-order valence-electron chi connectivity index (χ3n) is 3.77. The number of guanidine groups is 1. The first kappa shape index (κ1) is 20.0. The van der Waals surface area contributed by atoms with Gasteiger partial charge in [-0.1, -0.05) is 24.3 Å². The van der Waals surface area contributed by atoms with Crippen molar-refractivity contribution in [3.05, 3.63) is 71.8 Å². The van der Waals surface area contributed by atoms with Crippen molar-refractivity contribution >= 4 is 29.9 Å². The van der Waals surface area contributed by atoms with E-state index in [2.05, 4.69) is 45.0 Å². The van der Waals surface area contributed by atoms with Crippen LogP contribution in [0, 0.1) is 0 Å². The average molecular weight is 465 g/mol. The fourth-order valence-electron chi connectivity index (χ4n) is 2.50. The van der Waals surface area contributed by atoms with E-state index in [1.54, 1.807) is 12.4 Å². The first-order valence-electron chi connectivity index (χ1n) is 8.40. The molecule has 2 heterocycles. The summed E-state index contributed by atoms with van der Waals surface area (Å²) in [6, 6.07) is 12.2. The zero-order chi connectivity index (χ0) is 17.3. The average Bonchev–Trinajstić information content (AvgIpc) is 3.32. The van der Waals surface area contributed by atoms with Crippen LogP contribution >= 0.6 is 24.0 Å². The molecule has 0 amide bonds. The molecule has 0 saturated heterocycles. The van der Waals surface area contributed by atoms with Crippen LogP contribution in [0.3, 0.4) is 0 Å². The van der Waals surface area contributed by atoms with Crippen LogP contribution in [0.1, 0.15) is 23.7 Å². The zero-order valence-electron chi connectivity index (χ0n) is 14.7. The van der Waals surface area contributed by atoms with Crippen molar-refractivity contribution in [2.24, 2.45) is 4.99 Å². The second-order valence-electron chi connectivity index (χ2n) is 5.60. The molecule has 0 aliphatic carbocycles. The van der Waals surface area contributed by atoms with Crippen molar-refractivity contribution in [1.82, 2.24) is 30.6 Å². The van der Waals surface area contributed by atoms with Gasteiger partial charge in [0.2, 0.25) is 0 Å². The van der Waals surface area contributed by atoms with Gasteiger partial charge in [0, 0.05) is 25.1 Å². The lowest BCUT2D eigenvalue weighted by atomic mass is 10.1. The van der Waals surface area contributed by atoms with Crippen molar-refractivity contribution < 1.29 is 0 Å². The number of hydrogen-bond donors (Lipinski definition) is 3. The summed E-state index contributed by atoms with van der Waals surface area (Å²) in [6.07, 6.45) is 5.51. The Morgan fingerprint density at radius 2 is 1.96 bits per heavy atom. The van der Waals surface area contributed by atoms with E-state index in [0.717, 1.165) is 24.7 Å². The summed E-state index contributed by atoms with van der Waals surface area (Å²) >= 11 is 0. The maximum Gasteiger partial charge on any atom is 0.191 e. The molecule has 0 fully saturated rings. The topological polar surface area (TPSA) is 82.9 Å². The lowest BCUT2D eigenvalue weighted by Gasteiger charge is -2.12. The SMILES string of the molecule is CCNC(=NCc1ccccc1Cn1cccn1)NCc1ccn[nH]1.I. The van der Waals surface area contributed by atoms with E-state index < -0.39 is 0 Å². The molecule has 26 heavy (non-hydrogen) atoms. The van der Waals surface area contributed by atoms with Crippen molar-refractivity contribution in [2.75, 3.05) is 6.54 Å². The van der Waals surface area contributed by atoms with E-state index in [1.165, 1.54) is 11.1 Å². The van der Waals surface area contributed by atoms with Gasteiger partial charge in [-0.3, -0.25) is 9.78 Å². The number of rotatable bonds is 7. The van der Waals surface area contributed by atoms with Gasteiger partial charge in [0.25, 0.3) is 0 Å². The number of H-pyrrole nitrogens is 1. The molecule has 0 atom stereocenters. The Morgan fingerprint density at radius 3 is 2.65 bits per heavy atom. The van der Waals surface area contributed by atoms with Crippen molar-refractivity contribution in [3.63, 3.8) is 0 Å². The Kier molecular flexibility index (Phi) is 8.13. The molecule has 0 spiro atoms. The summed E-state index contributed by atoms with van der Waals surface area (Å²) in [5.74, 6) is 0.783. The Hall–Kier alpha value is -2.36. The maximum absolute atomic E-state index is 4.70. The molecule has 2 aromatic heterocycles. The van der Waals surface area contributed by atoms with Gasteiger partial charge in [-0.15, -0.1) is 24.0 Å². The van der Waals surface area contributed by atoms with E-state index in [-0.39, 0.29) is 24.0 Å². The van der Waals surface area contributed by atoms with E-state index in [4.69, 9.17) is 4.99 Å². The minimum Gasteiger partial charge on any atom is -0.357 e. The highest BCUT2D eigenvalue weighted by Gasteiger charge is 2.04. The number of nitrogens with one attached hydrogen (secondary N) is 3. The van der Waals surface area contributed by atoms with Crippen molar-refractivity contribution in [2.45, 2.75) is 26.6 Å². The lowest BCUT2D eigenvalue weighted by molar-refractivity contribution is 0.680. The molecular formula is C18H24IN7. The predicted molar refractivity (Wildman–Crippen MR) is 113 cm³/mol. The third-order valence-corrected chi connectivity index (χ3v) is 3.77. The van der Waals surface area contributed by atoms with Crippen LogP contribution in [-0.2, 0) is 19.6 Å². The van der Waals surface area contributed by atoms with Gasteiger partial charge in [0.05, 0.1) is 25.3 Å². The summed E-state index contributed by atoms with van der Waals surface area (Å²) < 4.78 is 1.92. The summed E-state index contributed by atoms with van der Waals surface area (Å²) in [7, 11) is 0. The second-order valence-corrected chi connectivity index (χ2v) is 5.60. The first-order valence-corrected chi connectivity index (χ1v) is 8.40. The molecule has 3 N–H and O–H groups in total. The van der Waals surface area contributed by atoms with Crippen molar-refractivity contribution in [3.8, 4) is 0 Å². The van der Waals surface area contributed by atoms with Crippen molar-refractivity contribution in [1.29, 1.82) is 0 Å². The molecule has 0 radical (unpaired) electrons. The minimum atomic E-state index is 0. The number of aliphatic imine (C=N–C) groups is 1. The molecule has 0 unspecified atom stereocenters. The quantitative estimate of drug-likeness (QED) is 0.285. The lowest BCUT2D eigenvalue weighted by Crippen LogP contribution is -2.36. The molecule has 8 heteroatoms. The highest BCUT2D eigenvalue weighted by atomic mass is 127. The normalized spacial score (nSPS) is 11.0. The molecule has 138 valence electrons. The molecule has 3 rings (SSSR count). The second kappa shape index (κ2) is 10.6. The van der Waals surface area contributed by atoms with Crippen LogP contribution in [-0.4, -0.2) is 32.5 Å². The van der Waals surface area contributed by atoms with E-state index in [0.29, 0.717) is 13.1 Å². The fraction of sp³-hybridized carbons (Fsp3) is 0.278. The van der Waals surface area contributed by atoms with Gasteiger partial charge in [-0.25, -0.2) is 4.99 Å². The Labute approximate surface area is 170 Å². The van der Waals surface area contributed by atoms with Crippen LogP contribution in [0.15, 0.2) is 60.0 Å². The summed E-state index contributed by atoms with van der Waals surface area (Å²) in [5.41, 5.74) is 3.43. The number of aromatic nitrogens is 4. The van der Waals surface area contributed by atoms with E-state index in [1.807, 2.05) is 35.1 Å². The standard InChI is InChI=1S/C18H23N7.HI/c1-2-19-18(21-13-17-8-10-22-24-17)20-12-15-6-3-4-7-16(15)14-25-11-5-9-23-25;/h3-11H,2,12-14H2,1H3,(H,22,24)(H2,19,20,21);1H. The highest BCUT2D eigenvalue weighted by molar-refractivity contribution is 14.0. The van der Waals surface area contributed by atoms with Gasteiger partial charge >= 0.3 is 0 Å². The number of nitrogens with zero attached hydrogens (tertiary/aromatic N) is 4. The van der Waals surface area contributed by atoms with Gasteiger partial charge in [-0.05, 0) is 30.2 Å². The first-order chi connectivity index (χ1) is 12.3. The molecule has 3 aromatic rings. The molecule has 0 saturated carbocycles. The monoisotopic (exact) mass is 465 g/mol. The Morgan fingerprint density at radius 1 is 1.12 bits per heavy atom. The van der Waals surface area contributed by atoms with Crippen LogP contribution in [0.5, 0.6) is 0 Å². The number of halogens is 1. The zero-order valence-corrected chi connectivity index (χ0v) is 17.1. The van der Waals surface area contributed by atoms with E-state index in [9.17, 15) is 0 Å².